The van der Waals surface area contributed by atoms with Crippen LogP contribution in [0.15, 0.2) is 12.4 Å². The van der Waals surface area contributed by atoms with E-state index < -0.39 is 0 Å². The first-order valence-electron chi connectivity index (χ1n) is 7.16. The topological polar surface area (TPSA) is 68.2 Å². The van der Waals surface area contributed by atoms with E-state index in [1.807, 2.05) is 6.20 Å². The van der Waals surface area contributed by atoms with Crippen LogP contribution >= 0.6 is 0 Å². The maximum atomic E-state index is 6.12. The van der Waals surface area contributed by atoms with Crippen molar-refractivity contribution in [1.82, 2.24) is 19.7 Å². The summed E-state index contributed by atoms with van der Waals surface area (Å²) in [4.78, 5) is 9.25. The number of hydrogen-bond donors (Lipinski definition) is 2. The number of aromatic nitrogens is 3. The number of nitrogens with zero attached hydrogens (tertiary/aromatic N) is 3. The summed E-state index contributed by atoms with van der Waals surface area (Å²) in [5.41, 5.74) is 8.77. The van der Waals surface area contributed by atoms with Gasteiger partial charge < -0.3 is 11.1 Å². The van der Waals surface area contributed by atoms with Crippen LogP contribution in [0.25, 0.3) is 5.52 Å². The molecule has 3 heterocycles. The SMILES string of the molecule is Nc1nccn2c([C@@H]3CCCN3)nc(C34CC3C4)c12. The second kappa shape index (κ2) is 3.10. The van der Waals surface area contributed by atoms with Gasteiger partial charge in [0.2, 0.25) is 0 Å². The molecule has 0 radical (unpaired) electrons. The zero-order chi connectivity index (χ0) is 12.6. The van der Waals surface area contributed by atoms with Gasteiger partial charge in [0.25, 0.3) is 0 Å². The van der Waals surface area contributed by atoms with Crippen molar-refractivity contribution in [2.24, 2.45) is 5.92 Å². The van der Waals surface area contributed by atoms with Gasteiger partial charge in [0.15, 0.2) is 0 Å². The predicted molar refractivity (Wildman–Crippen MR) is 71.8 cm³/mol. The summed E-state index contributed by atoms with van der Waals surface area (Å²) in [6, 6.07) is 0.371. The molecule has 2 aromatic heterocycles. The Labute approximate surface area is 111 Å². The second-order valence-corrected chi connectivity index (χ2v) is 6.26. The van der Waals surface area contributed by atoms with E-state index in [9.17, 15) is 0 Å². The lowest BCUT2D eigenvalue weighted by atomic mass is 10.1. The molecule has 3 N–H and O–H groups in total. The summed E-state index contributed by atoms with van der Waals surface area (Å²) < 4.78 is 2.17. The maximum absolute atomic E-state index is 6.12. The predicted octanol–water partition coefficient (Wildman–Crippen LogP) is 1.40. The van der Waals surface area contributed by atoms with Gasteiger partial charge in [-0.25, -0.2) is 9.97 Å². The van der Waals surface area contributed by atoms with Crippen LogP contribution in [-0.4, -0.2) is 20.9 Å². The molecule has 3 aliphatic rings. The molecule has 1 atom stereocenters. The quantitative estimate of drug-likeness (QED) is 0.851. The minimum absolute atomic E-state index is 0.371. The standard InChI is InChI=1S/C14H17N5/c15-12-10-11(14-6-8(14)7-14)18-13(9-2-1-3-16-9)19(10)5-4-17-12/h4-5,8-9,16H,1-3,6-7H2,(H2,15,17)/t8?,9-,14?/m0/s1. The Hall–Kier alpha value is -1.62. The summed E-state index contributed by atoms with van der Waals surface area (Å²) in [5, 5.41) is 3.54. The summed E-state index contributed by atoms with van der Waals surface area (Å²) in [6.45, 7) is 1.09. The normalized spacial score (nSPS) is 35.6. The molecule has 2 aliphatic carbocycles. The third-order valence-corrected chi connectivity index (χ3v) is 5.14. The van der Waals surface area contributed by atoms with Crippen molar-refractivity contribution in [3.63, 3.8) is 0 Å². The molecule has 5 heteroatoms. The van der Waals surface area contributed by atoms with Gasteiger partial charge in [0.1, 0.15) is 17.2 Å². The number of fused-ring (bicyclic) bond motifs is 2. The molecule has 0 bridgehead atoms. The molecule has 1 saturated heterocycles. The van der Waals surface area contributed by atoms with Crippen molar-refractivity contribution < 1.29 is 0 Å². The van der Waals surface area contributed by atoms with E-state index in [1.165, 1.54) is 25.0 Å². The molecule has 98 valence electrons. The van der Waals surface area contributed by atoms with Gasteiger partial charge >= 0.3 is 0 Å². The van der Waals surface area contributed by atoms with Gasteiger partial charge in [0, 0.05) is 17.8 Å². The van der Waals surface area contributed by atoms with Gasteiger partial charge in [-0.05, 0) is 38.1 Å². The van der Waals surface area contributed by atoms with Crippen LogP contribution in [0.1, 0.15) is 43.2 Å². The highest BCUT2D eigenvalue weighted by atomic mass is 15.1. The van der Waals surface area contributed by atoms with Gasteiger partial charge in [-0.15, -0.1) is 0 Å². The second-order valence-electron chi connectivity index (χ2n) is 6.26. The summed E-state index contributed by atoms with van der Waals surface area (Å²) in [6.07, 6.45) is 8.77. The molecular weight excluding hydrogens is 238 g/mol. The smallest absolute Gasteiger partial charge is 0.149 e. The lowest BCUT2D eigenvalue weighted by Crippen LogP contribution is -2.16. The van der Waals surface area contributed by atoms with Gasteiger partial charge in [-0.1, -0.05) is 0 Å². The van der Waals surface area contributed by atoms with Gasteiger partial charge in [-0.3, -0.25) is 4.40 Å². The Balaban J connectivity index is 1.77. The molecular formula is C14H17N5. The first-order valence-corrected chi connectivity index (χ1v) is 7.16. The van der Waals surface area contributed by atoms with Crippen molar-refractivity contribution in [1.29, 1.82) is 0 Å². The van der Waals surface area contributed by atoms with E-state index in [-0.39, 0.29) is 0 Å². The molecule has 0 unspecified atom stereocenters. The van der Waals surface area contributed by atoms with Gasteiger partial charge in [-0.2, -0.15) is 0 Å². The number of rotatable bonds is 2. The highest BCUT2D eigenvalue weighted by Gasteiger charge is 2.72. The number of hydrogen-bond acceptors (Lipinski definition) is 4. The average Bonchev–Trinajstić information content (AvgIpc) is 3.09. The van der Waals surface area contributed by atoms with Crippen LogP contribution in [-0.2, 0) is 5.41 Å². The number of nitrogen functional groups attached to an aromatic ring is 1. The number of anilines is 1. The van der Waals surface area contributed by atoms with Crippen molar-refractivity contribution in [2.75, 3.05) is 12.3 Å². The molecule has 2 saturated carbocycles. The van der Waals surface area contributed by atoms with Gasteiger partial charge in [0.05, 0.1) is 11.7 Å². The monoisotopic (exact) mass is 255 g/mol. The van der Waals surface area contributed by atoms with E-state index in [2.05, 4.69) is 14.7 Å². The largest absolute Gasteiger partial charge is 0.382 e. The average molecular weight is 255 g/mol. The Morgan fingerprint density at radius 2 is 2.26 bits per heavy atom. The third-order valence-electron chi connectivity index (χ3n) is 5.14. The van der Waals surface area contributed by atoms with Crippen LogP contribution in [0, 0.1) is 5.92 Å². The van der Waals surface area contributed by atoms with E-state index >= 15 is 0 Å². The zero-order valence-corrected chi connectivity index (χ0v) is 10.8. The van der Waals surface area contributed by atoms with Crippen LogP contribution in [0.3, 0.4) is 0 Å². The van der Waals surface area contributed by atoms with Crippen molar-refractivity contribution in [2.45, 2.75) is 37.1 Å². The minimum Gasteiger partial charge on any atom is -0.382 e. The van der Waals surface area contributed by atoms with Crippen LogP contribution in [0.5, 0.6) is 0 Å². The zero-order valence-electron chi connectivity index (χ0n) is 10.8. The highest BCUT2D eigenvalue weighted by molar-refractivity contribution is 5.73. The van der Waals surface area contributed by atoms with E-state index in [4.69, 9.17) is 10.7 Å². The van der Waals surface area contributed by atoms with E-state index in [0.29, 0.717) is 17.3 Å². The van der Waals surface area contributed by atoms with E-state index in [0.717, 1.165) is 30.2 Å². The lowest BCUT2D eigenvalue weighted by Gasteiger charge is -2.08. The number of imidazole rings is 1. The maximum Gasteiger partial charge on any atom is 0.149 e. The van der Waals surface area contributed by atoms with Crippen LogP contribution in [0.2, 0.25) is 0 Å². The Morgan fingerprint density at radius 1 is 1.42 bits per heavy atom. The molecule has 0 aromatic carbocycles. The van der Waals surface area contributed by atoms with Crippen molar-refractivity contribution >= 4 is 11.3 Å². The molecule has 2 aromatic rings. The Bertz CT molecular complexity index is 676. The van der Waals surface area contributed by atoms with Crippen LogP contribution < -0.4 is 11.1 Å². The van der Waals surface area contributed by atoms with Crippen LogP contribution in [0.4, 0.5) is 5.82 Å². The van der Waals surface area contributed by atoms with E-state index in [1.54, 1.807) is 6.20 Å². The fraction of sp³-hybridized carbons (Fsp3) is 0.571. The number of nitrogens with one attached hydrogen (secondary N) is 1. The lowest BCUT2D eigenvalue weighted by molar-refractivity contribution is 0.599. The molecule has 5 nitrogen and oxygen atoms in total. The molecule has 3 fully saturated rings. The fourth-order valence-corrected chi connectivity index (χ4v) is 3.67. The summed E-state index contributed by atoms with van der Waals surface area (Å²) in [5.74, 6) is 2.62. The summed E-state index contributed by atoms with van der Waals surface area (Å²) >= 11 is 0. The first kappa shape index (κ1) is 10.2. The molecule has 5 rings (SSSR count). The first-order chi connectivity index (χ1) is 9.29. The fourth-order valence-electron chi connectivity index (χ4n) is 3.67. The third kappa shape index (κ3) is 1.19. The van der Waals surface area contributed by atoms with Crippen molar-refractivity contribution in [3.05, 3.63) is 23.9 Å². The molecule has 1 aliphatic heterocycles. The molecule has 0 amide bonds. The highest BCUT2D eigenvalue weighted by Crippen LogP contribution is 2.76. The summed E-state index contributed by atoms with van der Waals surface area (Å²) in [7, 11) is 0. The van der Waals surface area contributed by atoms with Crippen molar-refractivity contribution in [3.8, 4) is 0 Å². The molecule has 19 heavy (non-hydrogen) atoms. The minimum atomic E-state index is 0.371. The number of nitrogens with two attached hydrogens (primary N) is 1. The Kier molecular flexibility index (Phi) is 1.66. The Morgan fingerprint density at radius 3 is 2.95 bits per heavy atom. The molecule has 0 spiro atoms.